The molecule has 8 atom stereocenters. The number of allylic oxidation sites excluding steroid dienone is 3. The van der Waals surface area contributed by atoms with E-state index in [0.29, 0.717) is 11.5 Å². The van der Waals surface area contributed by atoms with Gasteiger partial charge in [0.2, 0.25) is 0 Å². The van der Waals surface area contributed by atoms with E-state index in [1.54, 1.807) is 11.3 Å². The van der Waals surface area contributed by atoms with Crippen molar-refractivity contribution in [3.8, 4) is 0 Å². The Morgan fingerprint density at radius 2 is 1.90 bits per heavy atom. The number of nitrogens with zero attached hydrogens (tertiary/aromatic N) is 1. The summed E-state index contributed by atoms with van der Waals surface area (Å²) >= 11 is 0. The van der Waals surface area contributed by atoms with Crippen LogP contribution in [0.4, 0.5) is 0 Å². The average Bonchev–Trinajstić information content (AvgIpc) is 3.28. The van der Waals surface area contributed by atoms with Crippen molar-refractivity contribution in [1.29, 1.82) is 0 Å². The fraction of sp³-hybridized carbons (Fsp3) is 0.828. The summed E-state index contributed by atoms with van der Waals surface area (Å²) in [5.41, 5.74) is 12.0. The largest absolute Gasteiger partial charge is 0.327 e. The Bertz CT molecular complexity index is 774. The van der Waals surface area contributed by atoms with E-state index in [-0.39, 0.29) is 0 Å². The molecule has 2 N–H and O–H groups in total. The van der Waals surface area contributed by atoms with Gasteiger partial charge in [-0.1, -0.05) is 51.0 Å². The molecule has 0 spiro atoms. The highest BCUT2D eigenvalue weighted by atomic mass is 14.8. The third kappa shape index (κ3) is 3.90. The van der Waals surface area contributed by atoms with E-state index >= 15 is 0 Å². The molecule has 0 aromatic rings. The molecule has 0 aromatic heterocycles. The summed E-state index contributed by atoms with van der Waals surface area (Å²) < 4.78 is 0. The van der Waals surface area contributed by atoms with Gasteiger partial charge in [-0.15, -0.1) is 0 Å². The van der Waals surface area contributed by atoms with Gasteiger partial charge in [-0.05, 0) is 105 Å². The molecule has 2 saturated carbocycles. The maximum absolute atomic E-state index is 6.32. The first-order valence-corrected chi connectivity index (χ1v) is 13.5. The molecule has 4 aliphatic carbocycles. The minimum atomic E-state index is 0.391. The molecule has 31 heavy (non-hydrogen) atoms. The molecule has 2 heteroatoms. The molecule has 0 radical (unpaired) electrons. The number of hydrogen-bond acceptors (Lipinski definition) is 2. The fourth-order valence-electron chi connectivity index (χ4n) is 8.75. The second-order valence-corrected chi connectivity index (χ2v) is 12.5. The minimum Gasteiger partial charge on any atom is -0.327 e. The lowest BCUT2D eigenvalue weighted by Crippen LogP contribution is -2.39. The molecule has 2 nitrogen and oxygen atoms in total. The van der Waals surface area contributed by atoms with E-state index in [9.17, 15) is 0 Å². The van der Waals surface area contributed by atoms with Crippen molar-refractivity contribution < 1.29 is 0 Å². The van der Waals surface area contributed by atoms with Crippen LogP contribution in [0.5, 0.6) is 0 Å². The number of rotatable bonds is 4. The Labute approximate surface area is 191 Å². The van der Waals surface area contributed by atoms with E-state index in [2.05, 4.69) is 39.8 Å². The highest BCUT2D eigenvalue weighted by Crippen LogP contribution is 2.62. The van der Waals surface area contributed by atoms with Crippen LogP contribution in [0, 0.1) is 46.8 Å². The zero-order valence-corrected chi connectivity index (χ0v) is 20.6. The van der Waals surface area contributed by atoms with Gasteiger partial charge in [0.25, 0.3) is 0 Å². The average molecular weight is 423 g/mol. The van der Waals surface area contributed by atoms with Crippen LogP contribution in [-0.4, -0.2) is 18.3 Å². The SMILES string of the molecule is CC(C)C1CCN=C1C[C@@H](C)[C@H]1CCC2C3=CC[C@H]4C[C@H](N)CC=C4CC3CC[C@@]21C. The number of fused-ring (bicyclic) bond motifs is 4. The van der Waals surface area contributed by atoms with E-state index < -0.39 is 0 Å². The summed E-state index contributed by atoms with van der Waals surface area (Å²) in [4.78, 5) is 4.99. The molecule has 0 aromatic carbocycles. The highest BCUT2D eigenvalue weighted by Gasteiger charge is 2.53. The first kappa shape index (κ1) is 21.9. The van der Waals surface area contributed by atoms with Crippen molar-refractivity contribution in [3.05, 3.63) is 23.3 Å². The van der Waals surface area contributed by atoms with Crippen LogP contribution in [-0.2, 0) is 0 Å². The highest BCUT2D eigenvalue weighted by molar-refractivity contribution is 5.88. The predicted octanol–water partition coefficient (Wildman–Crippen LogP) is 6.96. The normalized spacial score (nSPS) is 43.4. The maximum Gasteiger partial charge on any atom is 0.0395 e. The summed E-state index contributed by atoms with van der Waals surface area (Å²) in [6.45, 7) is 11.1. The van der Waals surface area contributed by atoms with Gasteiger partial charge in [-0.3, -0.25) is 4.99 Å². The van der Waals surface area contributed by atoms with Crippen LogP contribution in [0.1, 0.15) is 91.9 Å². The van der Waals surface area contributed by atoms with E-state index in [1.165, 1.54) is 57.8 Å². The molecule has 1 heterocycles. The summed E-state index contributed by atoms with van der Waals surface area (Å²) in [6, 6.07) is 0.391. The lowest BCUT2D eigenvalue weighted by atomic mass is 9.57. The van der Waals surface area contributed by atoms with Crippen molar-refractivity contribution in [2.75, 3.05) is 6.54 Å². The van der Waals surface area contributed by atoms with Crippen LogP contribution in [0.3, 0.4) is 0 Å². The van der Waals surface area contributed by atoms with E-state index in [0.717, 1.165) is 54.4 Å². The Morgan fingerprint density at radius 1 is 1.06 bits per heavy atom. The fourth-order valence-corrected chi connectivity index (χ4v) is 8.75. The van der Waals surface area contributed by atoms with E-state index in [1.807, 2.05) is 5.57 Å². The summed E-state index contributed by atoms with van der Waals surface area (Å²) in [5.74, 6) is 5.53. The topological polar surface area (TPSA) is 38.4 Å². The molecule has 5 rings (SSSR count). The molecule has 0 saturated heterocycles. The zero-order chi connectivity index (χ0) is 21.8. The van der Waals surface area contributed by atoms with Gasteiger partial charge in [0.1, 0.15) is 0 Å². The molecule has 5 aliphatic rings. The number of aliphatic imine (C=N–C) groups is 1. The maximum atomic E-state index is 6.32. The van der Waals surface area contributed by atoms with Crippen molar-refractivity contribution in [1.82, 2.24) is 0 Å². The first-order chi connectivity index (χ1) is 14.9. The second kappa shape index (κ2) is 8.47. The minimum absolute atomic E-state index is 0.391. The molecule has 172 valence electrons. The van der Waals surface area contributed by atoms with Crippen LogP contribution >= 0.6 is 0 Å². The zero-order valence-electron chi connectivity index (χ0n) is 20.6. The van der Waals surface area contributed by atoms with Crippen molar-refractivity contribution in [2.45, 2.75) is 97.9 Å². The smallest absolute Gasteiger partial charge is 0.0395 e. The van der Waals surface area contributed by atoms with Gasteiger partial charge in [-0.25, -0.2) is 0 Å². The summed E-state index contributed by atoms with van der Waals surface area (Å²) in [7, 11) is 0. The summed E-state index contributed by atoms with van der Waals surface area (Å²) in [5, 5.41) is 0. The van der Waals surface area contributed by atoms with Crippen molar-refractivity contribution >= 4 is 5.71 Å². The second-order valence-electron chi connectivity index (χ2n) is 12.5. The molecular weight excluding hydrogens is 376 g/mol. The van der Waals surface area contributed by atoms with Gasteiger partial charge in [0.15, 0.2) is 0 Å². The molecule has 0 amide bonds. The monoisotopic (exact) mass is 422 g/mol. The molecule has 3 unspecified atom stereocenters. The quantitative estimate of drug-likeness (QED) is 0.489. The van der Waals surface area contributed by atoms with Crippen LogP contribution in [0.2, 0.25) is 0 Å². The third-order valence-electron chi connectivity index (χ3n) is 10.4. The van der Waals surface area contributed by atoms with Crippen LogP contribution < -0.4 is 5.73 Å². The molecule has 1 aliphatic heterocycles. The van der Waals surface area contributed by atoms with Crippen LogP contribution in [0.15, 0.2) is 28.3 Å². The van der Waals surface area contributed by atoms with Crippen molar-refractivity contribution in [2.24, 2.45) is 57.6 Å². The Kier molecular flexibility index (Phi) is 5.99. The number of nitrogens with two attached hydrogens (primary N) is 1. The van der Waals surface area contributed by atoms with Crippen LogP contribution in [0.25, 0.3) is 0 Å². The van der Waals surface area contributed by atoms with Gasteiger partial charge in [-0.2, -0.15) is 0 Å². The Balaban J connectivity index is 1.32. The molecule has 2 fully saturated rings. The lowest BCUT2D eigenvalue weighted by molar-refractivity contribution is 0.0837. The predicted molar refractivity (Wildman–Crippen MR) is 132 cm³/mol. The lowest BCUT2D eigenvalue weighted by Gasteiger charge is -2.47. The molecular formula is C29H46N2. The van der Waals surface area contributed by atoms with Crippen molar-refractivity contribution in [3.63, 3.8) is 0 Å². The molecule has 0 bridgehead atoms. The van der Waals surface area contributed by atoms with E-state index in [4.69, 9.17) is 10.7 Å². The third-order valence-corrected chi connectivity index (χ3v) is 10.4. The van der Waals surface area contributed by atoms with Gasteiger partial charge < -0.3 is 5.73 Å². The number of hydrogen-bond donors (Lipinski definition) is 1. The van der Waals surface area contributed by atoms with Gasteiger partial charge in [0, 0.05) is 24.2 Å². The standard InChI is InChI=1S/C29H46N2/c1-18(2)24-12-14-31-28(24)15-19(3)26-9-10-27-25-8-6-21-17-23(30)7-5-20(21)16-22(25)11-13-29(26,27)4/h5,8,18-19,21-24,26-27H,6-7,9-17,30H2,1-4H3/t19-,21+,22?,23-,24?,26-,27?,29-/m1/s1. The van der Waals surface area contributed by atoms with Gasteiger partial charge >= 0.3 is 0 Å². The summed E-state index contributed by atoms with van der Waals surface area (Å²) in [6.07, 6.45) is 18.4. The Hall–Kier alpha value is -0.890. The first-order valence-electron chi connectivity index (χ1n) is 13.5. The van der Waals surface area contributed by atoms with Gasteiger partial charge in [0.05, 0.1) is 0 Å². The Morgan fingerprint density at radius 3 is 2.71 bits per heavy atom.